The fraction of sp³-hybridized carbons (Fsp3) is 0.250. The number of benzene rings is 2. The first kappa shape index (κ1) is 19.0. The zero-order valence-corrected chi connectivity index (χ0v) is 16.2. The molecule has 0 fully saturated rings. The number of amides is 1. The summed E-state index contributed by atoms with van der Waals surface area (Å²) in [5.74, 6) is 1.08. The zero-order valence-electron chi connectivity index (χ0n) is 15.4. The lowest BCUT2D eigenvalue weighted by Gasteiger charge is -2.12. The van der Waals surface area contributed by atoms with Gasteiger partial charge in [0, 0.05) is 17.7 Å². The van der Waals surface area contributed by atoms with E-state index in [1.807, 2.05) is 55.5 Å². The summed E-state index contributed by atoms with van der Waals surface area (Å²) >= 11 is 1.23. The molecule has 6 nitrogen and oxygen atoms in total. The summed E-state index contributed by atoms with van der Waals surface area (Å²) in [6, 6.07) is 15.4. The minimum absolute atomic E-state index is 0.110. The Bertz CT molecular complexity index is 909. The van der Waals surface area contributed by atoms with E-state index in [0.717, 1.165) is 22.4 Å². The van der Waals surface area contributed by atoms with Gasteiger partial charge in [-0.25, -0.2) is 0 Å². The van der Waals surface area contributed by atoms with Crippen molar-refractivity contribution in [1.82, 2.24) is 15.5 Å². The van der Waals surface area contributed by atoms with Gasteiger partial charge in [0.25, 0.3) is 5.22 Å². The first-order chi connectivity index (χ1) is 13.1. The summed E-state index contributed by atoms with van der Waals surface area (Å²) in [5.41, 5.74) is 2.94. The van der Waals surface area contributed by atoms with E-state index < -0.39 is 0 Å². The highest BCUT2D eigenvalue weighted by atomic mass is 32.2. The van der Waals surface area contributed by atoms with Crippen molar-refractivity contribution in [3.05, 3.63) is 59.7 Å². The van der Waals surface area contributed by atoms with Gasteiger partial charge in [0.15, 0.2) is 0 Å². The molecule has 0 radical (unpaired) electrons. The van der Waals surface area contributed by atoms with E-state index in [1.54, 1.807) is 14.0 Å². The van der Waals surface area contributed by atoms with Crippen molar-refractivity contribution in [3.63, 3.8) is 0 Å². The zero-order chi connectivity index (χ0) is 19.2. The van der Waals surface area contributed by atoms with Crippen molar-refractivity contribution in [2.45, 2.75) is 30.9 Å². The van der Waals surface area contributed by atoms with Crippen LogP contribution in [-0.4, -0.2) is 28.5 Å². The van der Waals surface area contributed by atoms with Crippen LogP contribution >= 0.6 is 11.8 Å². The molecule has 0 saturated carbocycles. The van der Waals surface area contributed by atoms with Crippen LogP contribution in [0, 0.1) is 6.92 Å². The Kier molecular flexibility index (Phi) is 6.13. The third-order valence-electron chi connectivity index (χ3n) is 4.00. The third kappa shape index (κ3) is 4.89. The van der Waals surface area contributed by atoms with Gasteiger partial charge in [-0.3, -0.25) is 4.79 Å². The number of nitrogens with zero attached hydrogens (tertiary/aromatic N) is 2. The monoisotopic (exact) mass is 383 g/mol. The van der Waals surface area contributed by atoms with Crippen LogP contribution in [0.25, 0.3) is 11.5 Å². The number of aryl methyl sites for hydroxylation is 1. The summed E-state index contributed by atoms with van der Waals surface area (Å²) in [7, 11) is 1.61. The molecule has 0 saturated heterocycles. The van der Waals surface area contributed by atoms with E-state index >= 15 is 0 Å². The van der Waals surface area contributed by atoms with Gasteiger partial charge in [-0.05, 0) is 32.0 Å². The molecule has 27 heavy (non-hydrogen) atoms. The number of carbonyl (C=O) groups is 1. The van der Waals surface area contributed by atoms with E-state index in [-0.39, 0.29) is 11.2 Å². The van der Waals surface area contributed by atoms with Crippen molar-refractivity contribution in [1.29, 1.82) is 0 Å². The molecule has 7 heteroatoms. The van der Waals surface area contributed by atoms with Crippen LogP contribution in [0.5, 0.6) is 5.75 Å². The van der Waals surface area contributed by atoms with Gasteiger partial charge in [0.1, 0.15) is 5.75 Å². The number of ether oxygens (including phenoxy) is 1. The van der Waals surface area contributed by atoms with E-state index in [2.05, 4.69) is 15.5 Å². The molecule has 3 rings (SSSR count). The third-order valence-corrected chi connectivity index (χ3v) is 4.93. The van der Waals surface area contributed by atoms with Crippen LogP contribution in [0.3, 0.4) is 0 Å². The highest BCUT2D eigenvalue weighted by Crippen LogP contribution is 2.26. The van der Waals surface area contributed by atoms with Crippen molar-refractivity contribution < 1.29 is 13.9 Å². The van der Waals surface area contributed by atoms with Gasteiger partial charge < -0.3 is 14.5 Å². The number of methoxy groups -OCH3 is 1. The van der Waals surface area contributed by atoms with E-state index in [9.17, 15) is 4.79 Å². The Morgan fingerprint density at radius 1 is 1.19 bits per heavy atom. The lowest BCUT2D eigenvalue weighted by atomic mass is 10.1. The topological polar surface area (TPSA) is 77.2 Å². The second kappa shape index (κ2) is 8.73. The highest BCUT2D eigenvalue weighted by molar-refractivity contribution is 8.00. The minimum atomic E-state index is -0.369. The summed E-state index contributed by atoms with van der Waals surface area (Å²) in [6.45, 7) is 4.22. The van der Waals surface area contributed by atoms with Crippen LogP contribution in [0.1, 0.15) is 18.1 Å². The molecular formula is C20H21N3O3S. The SMILES string of the molecule is COc1ccccc1CNC(=O)[C@@H](C)Sc1nnc(-c2ccc(C)cc2)o1. The molecule has 1 atom stereocenters. The molecule has 2 aromatic carbocycles. The summed E-state index contributed by atoms with van der Waals surface area (Å²) < 4.78 is 11.0. The number of carbonyl (C=O) groups excluding carboxylic acids is 1. The largest absolute Gasteiger partial charge is 0.496 e. The standard InChI is InChI=1S/C20H21N3O3S/c1-13-8-10-15(11-9-13)19-22-23-20(26-19)27-14(2)18(24)21-12-16-6-4-5-7-17(16)25-3/h4-11,14H,12H2,1-3H3,(H,21,24)/t14-/m1/s1. The molecule has 3 aromatic rings. The molecule has 0 aliphatic heterocycles. The number of nitrogens with one attached hydrogen (secondary N) is 1. The lowest BCUT2D eigenvalue weighted by Crippen LogP contribution is -2.30. The number of aromatic nitrogens is 2. The van der Waals surface area contributed by atoms with Crippen molar-refractivity contribution >= 4 is 17.7 Å². The summed E-state index contributed by atoms with van der Waals surface area (Å²) in [4.78, 5) is 12.4. The van der Waals surface area contributed by atoms with Crippen LogP contribution < -0.4 is 10.1 Å². The summed E-state index contributed by atoms with van der Waals surface area (Å²) in [5, 5.41) is 11.0. The maximum atomic E-state index is 12.4. The Morgan fingerprint density at radius 3 is 2.67 bits per heavy atom. The van der Waals surface area contributed by atoms with Crippen LogP contribution in [0.15, 0.2) is 58.2 Å². The van der Waals surface area contributed by atoms with Crippen LogP contribution in [0.2, 0.25) is 0 Å². The molecule has 1 aromatic heterocycles. The highest BCUT2D eigenvalue weighted by Gasteiger charge is 2.19. The van der Waals surface area contributed by atoms with Crippen molar-refractivity contribution in [2.24, 2.45) is 0 Å². The molecule has 0 bridgehead atoms. The molecule has 1 heterocycles. The van der Waals surface area contributed by atoms with E-state index in [0.29, 0.717) is 17.7 Å². The number of para-hydroxylation sites is 1. The van der Waals surface area contributed by atoms with Gasteiger partial charge >= 0.3 is 0 Å². The van der Waals surface area contributed by atoms with E-state index in [1.165, 1.54) is 11.8 Å². The van der Waals surface area contributed by atoms with Crippen LogP contribution in [-0.2, 0) is 11.3 Å². The molecule has 140 valence electrons. The first-order valence-corrected chi connectivity index (χ1v) is 9.41. The average Bonchev–Trinajstić information content (AvgIpc) is 3.15. The van der Waals surface area contributed by atoms with E-state index in [4.69, 9.17) is 9.15 Å². The predicted molar refractivity (Wildman–Crippen MR) is 105 cm³/mol. The Hall–Kier alpha value is -2.80. The fourth-order valence-corrected chi connectivity index (χ4v) is 3.16. The quantitative estimate of drug-likeness (QED) is 0.625. The maximum Gasteiger partial charge on any atom is 0.277 e. The van der Waals surface area contributed by atoms with Gasteiger partial charge in [0.05, 0.1) is 12.4 Å². The van der Waals surface area contributed by atoms with Gasteiger partial charge in [-0.15, -0.1) is 10.2 Å². The summed E-state index contributed by atoms with van der Waals surface area (Å²) in [6.07, 6.45) is 0. The second-order valence-corrected chi connectivity index (χ2v) is 7.32. The van der Waals surface area contributed by atoms with Gasteiger partial charge in [-0.1, -0.05) is 47.7 Å². The molecule has 0 aliphatic rings. The molecule has 1 N–H and O–H groups in total. The van der Waals surface area contributed by atoms with Crippen LogP contribution in [0.4, 0.5) is 0 Å². The smallest absolute Gasteiger partial charge is 0.277 e. The molecule has 0 aliphatic carbocycles. The number of thioether (sulfide) groups is 1. The normalized spacial score (nSPS) is 11.8. The number of rotatable bonds is 7. The molecule has 0 spiro atoms. The Labute approximate surface area is 162 Å². The lowest BCUT2D eigenvalue weighted by molar-refractivity contribution is -0.120. The Morgan fingerprint density at radius 2 is 1.93 bits per heavy atom. The van der Waals surface area contributed by atoms with Crippen molar-refractivity contribution in [2.75, 3.05) is 7.11 Å². The average molecular weight is 383 g/mol. The number of hydrogen-bond donors (Lipinski definition) is 1. The minimum Gasteiger partial charge on any atom is -0.496 e. The molecular weight excluding hydrogens is 362 g/mol. The van der Waals surface area contributed by atoms with Crippen molar-refractivity contribution in [3.8, 4) is 17.2 Å². The number of hydrogen-bond acceptors (Lipinski definition) is 6. The Balaban J connectivity index is 1.57. The fourth-order valence-electron chi connectivity index (χ4n) is 2.45. The maximum absolute atomic E-state index is 12.4. The molecule has 0 unspecified atom stereocenters. The predicted octanol–water partition coefficient (Wildman–Crippen LogP) is 3.85. The molecule has 1 amide bonds. The first-order valence-electron chi connectivity index (χ1n) is 8.53. The van der Waals surface area contributed by atoms with Gasteiger partial charge in [-0.2, -0.15) is 0 Å². The second-order valence-electron chi connectivity index (χ2n) is 6.03. The van der Waals surface area contributed by atoms with Gasteiger partial charge in [0.2, 0.25) is 11.8 Å².